The van der Waals surface area contributed by atoms with Crippen molar-refractivity contribution in [3.63, 3.8) is 0 Å². The molecule has 4 aromatic carbocycles. The molecule has 6 nitrogen and oxygen atoms in total. The van der Waals surface area contributed by atoms with Crippen LogP contribution in [-0.4, -0.2) is 21.5 Å². The molecule has 0 aliphatic carbocycles. The molecule has 0 saturated carbocycles. The number of hydrogen-bond donors (Lipinski definition) is 0. The van der Waals surface area contributed by atoms with E-state index in [2.05, 4.69) is 55.2 Å². The van der Waals surface area contributed by atoms with Crippen molar-refractivity contribution < 1.29 is 51.6 Å². The van der Waals surface area contributed by atoms with Crippen LogP contribution in [0.15, 0.2) is 104 Å². The van der Waals surface area contributed by atoms with Crippen LogP contribution in [0.2, 0.25) is 0 Å². The molecule has 3 heterocycles. The van der Waals surface area contributed by atoms with Gasteiger partial charge in [0.15, 0.2) is 0 Å². The van der Waals surface area contributed by atoms with Crippen molar-refractivity contribution in [3.8, 4) is 51.4 Å². The third-order valence-corrected chi connectivity index (χ3v) is 8.16. The van der Waals surface area contributed by atoms with Crippen LogP contribution in [0.5, 0.6) is 23.0 Å². The van der Waals surface area contributed by atoms with Crippen LogP contribution < -0.4 is 14.4 Å². The summed E-state index contributed by atoms with van der Waals surface area (Å²) in [5.74, 6) is 2.42. The monoisotopic (exact) mass is 1030 g/mol. The summed E-state index contributed by atoms with van der Waals surface area (Å²) in [6.07, 6.45) is 12.6. The van der Waals surface area contributed by atoms with E-state index >= 15 is 0 Å². The first-order chi connectivity index (χ1) is 23.8. The summed E-state index contributed by atoms with van der Waals surface area (Å²) in [6, 6.07) is 45.3. The molecule has 260 valence electrons. The summed E-state index contributed by atoms with van der Waals surface area (Å²) >= 11 is 0. The topological polar surface area (TPSA) is 42.8 Å². The van der Waals surface area contributed by atoms with Crippen LogP contribution in [-0.2, 0) is 42.1 Å². The van der Waals surface area contributed by atoms with E-state index in [1.807, 2.05) is 135 Å². The van der Waals surface area contributed by atoms with Gasteiger partial charge in [0, 0.05) is 55.5 Å². The van der Waals surface area contributed by atoms with Crippen molar-refractivity contribution in [1.29, 1.82) is 0 Å². The van der Waals surface area contributed by atoms with Crippen LogP contribution >= 0.6 is 0 Å². The second-order valence-electron chi connectivity index (χ2n) is 11.4. The number of benzene rings is 4. The van der Waals surface area contributed by atoms with Gasteiger partial charge in [0.1, 0.15) is 0 Å². The fraction of sp³-hybridized carbons (Fsp3) is 0.116. The molecular weight excluding hydrogens is 995 g/mol. The molecule has 51 heavy (non-hydrogen) atoms. The minimum absolute atomic E-state index is 0. The predicted molar refractivity (Wildman–Crippen MR) is 192 cm³/mol. The molecule has 6 aromatic rings. The first kappa shape index (κ1) is 39.0. The van der Waals surface area contributed by atoms with Crippen LogP contribution in [0.25, 0.3) is 22.4 Å². The molecule has 8 heteroatoms. The maximum atomic E-state index is 7.05. The Labute approximate surface area is 330 Å². The van der Waals surface area contributed by atoms with Crippen LogP contribution in [0.4, 0.5) is 5.69 Å². The molecule has 0 atom stereocenters. The Morgan fingerprint density at radius 1 is 0.706 bits per heavy atom. The van der Waals surface area contributed by atoms with E-state index in [9.17, 15) is 0 Å². The van der Waals surface area contributed by atoms with E-state index in [1.165, 1.54) is 11.1 Å². The Hall–Kier alpha value is -4.81. The third kappa shape index (κ3) is 9.50. The number of anilines is 1. The quantitative estimate of drug-likeness (QED) is 0.118. The van der Waals surface area contributed by atoms with E-state index in [-0.39, 0.29) is 42.1 Å². The van der Waals surface area contributed by atoms with Gasteiger partial charge in [-0.25, -0.2) is 24.2 Å². The Kier molecular flexibility index (Phi) is 13.7. The third-order valence-electron chi connectivity index (χ3n) is 8.16. The molecule has 0 bridgehead atoms. The average molecular weight is 1030 g/mol. The van der Waals surface area contributed by atoms with E-state index in [0.717, 1.165) is 39.5 Å². The minimum atomic E-state index is 0. The Bertz CT molecular complexity index is 2130. The molecule has 0 fully saturated rings. The van der Waals surface area contributed by atoms with Crippen molar-refractivity contribution in [2.45, 2.75) is 27.7 Å². The van der Waals surface area contributed by atoms with E-state index in [0.29, 0.717) is 23.0 Å². The molecule has 0 amide bonds. The average Bonchev–Trinajstić information content (AvgIpc) is 3.65. The van der Waals surface area contributed by atoms with Gasteiger partial charge in [-0.15, -0.1) is 65.8 Å². The molecule has 0 saturated heterocycles. The zero-order valence-corrected chi connectivity index (χ0v) is 33.2. The van der Waals surface area contributed by atoms with E-state index < -0.39 is 0 Å². The molecule has 7 rings (SSSR count). The van der Waals surface area contributed by atoms with Gasteiger partial charge < -0.3 is 35.2 Å². The molecule has 1 aliphatic rings. The number of aromatic nitrogens is 2. The van der Waals surface area contributed by atoms with Gasteiger partial charge in [-0.2, -0.15) is 43.1 Å². The molecular formula is C43H33N4O2Pt2-3. The Balaban J connectivity index is 0.000000387. The van der Waals surface area contributed by atoms with Crippen molar-refractivity contribution >= 4 is 5.69 Å². The van der Waals surface area contributed by atoms with Crippen LogP contribution in [0, 0.1) is 77.2 Å². The van der Waals surface area contributed by atoms with Crippen molar-refractivity contribution in [1.82, 2.24) is 14.5 Å². The number of hydrogen-bond acceptors (Lipinski definition) is 5. The number of pyridine rings is 1. The summed E-state index contributed by atoms with van der Waals surface area (Å²) in [4.78, 5) is 8.48. The second kappa shape index (κ2) is 17.9. The normalized spacial score (nSPS) is 11.5. The summed E-state index contributed by atoms with van der Waals surface area (Å²) in [6.45, 7) is 10.1. The second-order valence-corrected chi connectivity index (χ2v) is 11.4. The Morgan fingerprint density at radius 3 is 1.92 bits per heavy atom. The standard InChI is InChI=1S/C33H21N3O2.C10H12N.2Pt/c1-35-18-19-36(24-35)28-10-7-15-32(23-28)38-31-14-6-9-27(21-31)33-22-26(16-17-34-33)25-8-5-13-30(20-25)37-29-11-3-2-4-12-29;1-6-11-9(4)7(2)8(3)10(11)5;;/h2-11,13-15,17-19,22,24H,1H3;2-5H3;;/q-6;-1;;+4. The summed E-state index contributed by atoms with van der Waals surface area (Å²) in [5, 5.41) is 0. The van der Waals surface area contributed by atoms with Crippen molar-refractivity contribution in [2.75, 3.05) is 11.9 Å². The van der Waals surface area contributed by atoms with Crippen LogP contribution in [0.1, 0.15) is 22.5 Å². The van der Waals surface area contributed by atoms with Gasteiger partial charge in [-0.3, -0.25) is 11.1 Å². The molecule has 1 aliphatic heterocycles. The first-order valence-electron chi connectivity index (χ1n) is 15.7. The van der Waals surface area contributed by atoms with Crippen molar-refractivity contribution in [3.05, 3.63) is 169 Å². The van der Waals surface area contributed by atoms with Crippen molar-refractivity contribution in [2.24, 2.45) is 0 Å². The molecule has 0 spiro atoms. The fourth-order valence-corrected chi connectivity index (χ4v) is 5.22. The van der Waals surface area contributed by atoms with Gasteiger partial charge >= 0.3 is 21.1 Å². The first-order valence-corrected chi connectivity index (χ1v) is 15.7. The number of rotatable bonds is 7. The predicted octanol–water partition coefficient (Wildman–Crippen LogP) is 9.46. The summed E-state index contributed by atoms with van der Waals surface area (Å²) in [5.41, 5.74) is 8.90. The smallest absolute Gasteiger partial charge is 0.669 e. The SMILES string of the molecule is CN1C=CN(c2[c-]c(Oc3[c-]c(-c4cc(-c5[c-]c(Oc6[c-]cccc6)ccc5)[c-]cn4)ccc3)ccc2)[CH-]1.[C-]#Cn1c(C)c(C)c(C)c1C.[Pt+4].[Pt]. The zero-order chi connectivity index (χ0) is 34.3. The molecule has 0 unspecified atom stereocenters. The van der Waals surface area contributed by atoms with E-state index in [4.69, 9.17) is 15.9 Å². The molecule has 0 radical (unpaired) electrons. The van der Waals surface area contributed by atoms with Gasteiger partial charge in [0.2, 0.25) is 0 Å². The minimum Gasteiger partial charge on any atom is -0.669 e. The van der Waals surface area contributed by atoms with Gasteiger partial charge in [0.25, 0.3) is 0 Å². The molecule has 0 N–H and O–H groups in total. The Morgan fingerprint density at radius 2 is 1.31 bits per heavy atom. The number of ether oxygens (including phenoxy) is 2. The maximum absolute atomic E-state index is 7.05. The van der Waals surface area contributed by atoms with Gasteiger partial charge in [-0.05, 0) is 58.3 Å². The summed E-state index contributed by atoms with van der Waals surface area (Å²) < 4.78 is 13.8. The van der Waals surface area contributed by atoms with Crippen LogP contribution in [0.3, 0.4) is 0 Å². The maximum Gasteiger partial charge on any atom is 4.00 e. The largest absolute Gasteiger partial charge is 4.00 e. The van der Waals surface area contributed by atoms with Gasteiger partial charge in [-0.1, -0.05) is 18.0 Å². The number of para-hydroxylation sites is 1. The zero-order valence-electron chi connectivity index (χ0n) is 28.6. The van der Waals surface area contributed by atoms with Gasteiger partial charge in [0.05, 0.1) is 0 Å². The molecule has 2 aromatic heterocycles. The van der Waals surface area contributed by atoms with E-state index in [1.54, 1.807) is 10.8 Å². The summed E-state index contributed by atoms with van der Waals surface area (Å²) in [7, 11) is 1.98. The fourth-order valence-electron chi connectivity index (χ4n) is 5.22. The number of nitrogens with zero attached hydrogens (tertiary/aromatic N) is 4.